The number of nitrogens with zero attached hydrogens (tertiary/aromatic N) is 2. The minimum absolute atomic E-state index is 0.0358. The second-order valence-electron chi connectivity index (χ2n) is 6.54. The van der Waals surface area contributed by atoms with E-state index in [-0.39, 0.29) is 54.3 Å². The summed E-state index contributed by atoms with van der Waals surface area (Å²) in [5, 5.41) is 10.6. The molecule has 2 aliphatic heterocycles. The molecule has 0 aliphatic carbocycles. The Morgan fingerprint density at radius 3 is 2.52 bits per heavy atom. The summed E-state index contributed by atoms with van der Waals surface area (Å²) in [5.41, 5.74) is 0.207. The molecule has 140 valence electrons. The topological polar surface area (TPSA) is 125 Å². The van der Waals surface area contributed by atoms with Crippen molar-refractivity contribution in [3.63, 3.8) is 0 Å². The van der Waals surface area contributed by atoms with Crippen molar-refractivity contribution >= 4 is 33.3 Å². The van der Waals surface area contributed by atoms with Crippen LogP contribution >= 0.6 is 0 Å². The van der Waals surface area contributed by atoms with Crippen molar-refractivity contribution in [3.05, 3.63) is 0 Å². The number of amides is 3. The van der Waals surface area contributed by atoms with Gasteiger partial charge >= 0.3 is 0 Å². The van der Waals surface area contributed by atoms with Gasteiger partial charge in [-0.1, -0.05) is 13.8 Å². The maximum absolute atomic E-state index is 12.2. The van der Waals surface area contributed by atoms with Crippen molar-refractivity contribution in [3.8, 4) is 0 Å². The van der Waals surface area contributed by atoms with E-state index < -0.39 is 21.8 Å². The largest absolute Gasteiger partial charge is 0.354 e. The number of hydrogen-bond donors (Lipinski definition) is 2. The summed E-state index contributed by atoms with van der Waals surface area (Å²) in [6.07, 6.45) is 0.694. The first-order valence-electron chi connectivity index (χ1n) is 8.35. The Morgan fingerprint density at radius 2 is 1.92 bits per heavy atom. The fraction of sp³-hybridized carbons (Fsp3) is 0.733. The average molecular weight is 372 g/mol. The monoisotopic (exact) mass is 372 g/mol. The molecule has 10 heteroatoms. The van der Waals surface area contributed by atoms with Gasteiger partial charge < -0.3 is 10.6 Å². The van der Waals surface area contributed by atoms with E-state index in [1.54, 1.807) is 13.8 Å². The van der Waals surface area contributed by atoms with Gasteiger partial charge in [0.05, 0.1) is 17.5 Å². The number of carbonyl (C=O) groups is 3. The van der Waals surface area contributed by atoms with Gasteiger partial charge in [0.2, 0.25) is 11.8 Å². The van der Waals surface area contributed by atoms with E-state index in [2.05, 4.69) is 15.7 Å². The van der Waals surface area contributed by atoms with Gasteiger partial charge in [0.25, 0.3) is 5.91 Å². The van der Waals surface area contributed by atoms with Crippen LogP contribution in [0.5, 0.6) is 0 Å². The van der Waals surface area contributed by atoms with Crippen molar-refractivity contribution < 1.29 is 22.8 Å². The zero-order chi connectivity index (χ0) is 18.6. The van der Waals surface area contributed by atoms with Crippen LogP contribution in [0.1, 0.15) is 33.1 Å². The van der Waals surface area contributed by atoms with Crippen LogP contribution in [0.4, 0.5) is 0 Å². The zero-order valence-corrected chi connectivity index (χ0v) is 15.3. The Kier molecular flexibility index (Phi) is 6.15. The highest BCUT2D eigenvalue weighted by Crippen LogP contribution is 2.22. The molecule has 2 rings (SSSR count). The number of rotatable bonds is 6. The highest BCUT2D eigenvalue weighted by Gasteiger charge is 2.37. The Balaban J connectivity index is 1.90. The second-order valence-corrected chi connectivity index (χ2v) is 8.77. The molecule has 0 bridgehead atoms. The van der Waals surface area contributed by atoms with Crippen LogP contribution in [0, 0.1) is 5.92 Å². The maximum Gasteiger partial charge on any atom is 0.267 e. The van der Waals surface area contributed by atoms with E-state index in [1.807, 2.05) is 0 Å². The third-order valence-corrected chi connectivity index (χ3v) is 5.86. The van der Waals surface area contributed by atoms with Crippen LogP contribution in [0.15, 0.2) is 5.10 Å². The first kappa shape index (κ1) is 19.4. The van der Waals surface area contributed by atoms with Crippen LogP contribution in [0.3, 0.4) is 0 Å². The predicted octanol–water partition coefficient (Wildman–Crippen LogP) is -0.960. The molecule has 2 heterocycles. The zero-order valence-electron chi connectivity index (χ0n) is 14.4. The first-order valence-corrected chi connectivity index (χ1v) is 10.2. The van der Waals surface area contributed by atoms with E-state index in [0.29, 0.717) is 13.0 Å². The highest BCUT2D eigenvalue weighted by atomic mass is 32.2. The lowest BCUT2D eigenvalue weighted by molar-refractivity contribution is -0.133. The normalized spacial score (nSPS) is 22.7. The molecule has 0 saturated carbocycles. The van der Waals surface area contributed by atoms with Crippen LogP contribution in [0.25, 0.3) is 0 Å². The molecule has 0 aromatic carbocycles. The van der Waals surface area contributed by atoms with Gasteiger partial charge in [0, 0.05) is 31.8 Å². The molecule has 0 unspecified atom stereocenters. The number of carbonyl (C=O) groups excluding carboxylic acids is 3. The molecule has 3 amide bonds. The summed E-state index contributed by atoms with van der Waals surface area (Å²) < 4.78 is 23.2. The van der Waals surface area contributed by atoms with Gasteiger partial charge in [-0.15, -0.1) is 0 Å². The standard InChI is InChI=1S/C15H24N4O5S/c1-10(2)14(21)16-6-7-17-15(22)12-3-4-13(20)19(18-12)11-5-8-25(23,24)9-11/h10-11H,3-9H2,1-2H3,(H,16,21)(H,17,22)/t11-/m1/s1. The van der Waals surface area contributed by atoms with Gasteiger partial charge in [0.1, 0.15) is 5.71 Å². The fourth-order valence-corrected chi connectivity index (χ4v) is 4.35. The Hall–Kier alpha value is -1.97. The van der Waals surface area contributed by atoms with Gasteiger partial charge in [-0.3, -0.25) is 14.4 Å². The van der Waals surface area contributed by atoms with Gasteiger partial charge in [-0.05, 0) is 6.42 Å². The number of hydrazone groups is 1. The number of sulfone groups is 1. The van der Waals surface area contributed by atoms with E-state index in [4.69, 9.17) is 0 Å². The minimum atomic E-state index is -3.14. The molecular formula is C15H24N4O5S. The Morgan fingerprint density at radius 1 is 1.24 bits per heavy atom. The van der Waals surface area contributed by atoms with Crippen LogP contribution < -0.4 is 10.6 Å². The lowest BCUT2D eigenvalue weighted by atomic mass is 10.1. The molecule has 0 aromatic rings. The Bertz CT molecular complexity index is 686. The minimum Gasteiger partial charge on any atom is -0.354 e. The van der Waals surface area contributed by atoms with Crippen molar-refractivity contribution in [2.45, 2.75) is 39.2 Å². The molecule has 2 N–H and O–H groups in total. The molecule has 2 aliphatic rings. The molecule has 0 aromatic heterocycles. The van der Waals surface area contributed by atoms with Gasteiger partial charge in [-0.25, -0.2) is 13.4 Å². The SMILES string of the molecule is CC(C)C(=O)NCCNC(=O)C1=NN([C@@H]2CCS(=O)(=O)C2)C(=O)CC1. The smallest absolute Gasteiger partial charge is 0.267 e. The van der Waals surface area contributed by atoms with E-state index in [0.717, 1.165) is 5.01 Å². The Labute approximate surface area is 147 Å². The van der Waals surface area contributed by atoms with Crippen molar-refractivity contribution in [1.29, 1.82) is 0 Å². The summed E-state index contributed by atoms with van der Waals surface area (Å²) in [4.78, 5) is 35.6. The summed E-state index contributed by atoms with van der Waals surface area (Å²) >= 11 is 0. The van der Waals surface area contributed by atoms with Crippen molar-refractivity contribution in [2.24, 2.45) is 11.0 Å². The average Bonchev–Trinajstić information content (AvgIpc) is 2.91. The number of nitrogens with one attached hydrogen (secondary N) is 2. The van der Waals surface area contributed by atoms with Gasteiger partial charge in [-0.2, -0.15) is 5.10 Å². The summed E-state index contributed by atoms with van der Waals surface area (Å²) in [7, 11) is -3.14. The van der Waals surface area contributed by atoms with Crippen molar-refractivity contribution in [1.82, 2.24) is 15.6 Å². The summed E-state index contributed by atoms with van der Waals surface area (Å²) in [5.74, 6) is -0.962. The molecule has 1 fully saturated rings. The summed E-state index contributed by atoms with van der Waals surface area (Å²) in [6, 6.07) is -0.495. The molecule has 0 spiro atoms. The lowest BCUT2D eigenvalue weighted by Gasteiger charge is -2.27. The van der Waals surface area contributed by atoms with Gasteiger partial charge in [0.15, 0.2) is 9.84 Å². The van der Waals surface area contributed by atoms with Crippen LogP contribution in [0.2, 0.25) is 0 Å². The third kappa shape index (κ3) is 5.25. The molecule has 1 saturated heterocycles. The predicted molar refractivity (Wildman–Crippen MR) is 91.4 cm³/mol. The summed E-state index contributed by atoms with van der Waals surface area (Å²) in [6.45, 7) is 4.11. The van der Waals surface area contributed by atoms with E-state index >= 15 is 0 Å². The second kappa shape index (κ2) is 7.94. The fourth-order valence-electron chi connectivity index (χ4n) is 2.66. The van der Waals surface area contributed by atoms with Crippen LogP contribution in [-0.4, -0.2) is 67.5 Å². The molecule has 1 atom stereocenters. The van der Waals surface area contributed by atoms with E-state index in [1.165, 1.54) is 0 Å². The molecule has 0 radical (unpaired) electrons. The quantitative estimate of drug-likeness (QED) is 0.581. The van der Waals surface area contributed by atoms with Crippen LogP contribution in [-0.2, 0) is 24.2 Å². The molecule has 9 nitrogen and oxygen atoms in total. The lowest BCUT2D eigenvalue weighted by Crippen LogP contribution is -2.45. The maximum atomic E-state index is 12.2. The molecule has 25 heavy (non-hydrogen) atoms. The number of hydrogen-bond acceptors (Lipinski definition) is 6. The molecular weight excluding hydrogens is 348 g/mol. The van der Waals surface area contributed by atoms with E-state index in [9.17, 15) is 22.8 Å². The highest BCUT2D eigenvalue weighted by molar-refractivity contribution is 7.91. The van der Waals surface area contributed by atoms with Crippen molar-refractivity contribution in [2.75, 3.05) is 24.6 Å². The third-order valence-electron chi connectivity index (χ3n) is 4.11. The first-order chi connectivity index (χ1) is 11.7.